The zero-order valence-corrected chi connectivity index (χ0v) is 12.1. The average molecular weight is 271 g/mol. The van der Waals surface area contributed by atoms with Gasteiger partial charge in [0.25, 0.3) is 0 Å². The van der Waals surface area contributed by atoms with Gasteiger partial charge in [0.1, 0.15) is 0 Å². The molecule has 3 rings (SSSR count). The van der Waals surface area contributed by atoms with Crippen LogP contribution in [0.2, 0.25) is 0 Å². The minimum atomic E-state index is 0.266. The molecule has 3 heteroatoms. The number of ketones is 1. The van der Waals surface area contributed by atoms with Gasteiger partial charge >= 0.3 is 0 Å². The van der Waals surface area contributed by atoms with Crippen LogP contribution in [0.4, 0.5) is 0 Å². The van der Waals surface area contributed by atoms with Gasteiger partial charge < -0.3 is 9.30 Å². The topological polar surface area (TPSA) is 31.2 Å². The molecule has 2 aromatic rings. The summed E-state index contributed by atoms with van der Waals surface area (Å²) in [6.45, 7) is 2.79. The molecule has 1 aliphatic carbocycles. The second-order valence-corrected chi connectivity index (χ2v) is 5.71. The van der Waals surface area contributed by atoms with Crippen molar-refractivity contribution in [2.75, 3.05) is 6.61 Å². The molecule has 0 saturated heterocycles. The zero-order valence-electron chi connectivity index (χ0n) is 12.1. The fraction of sp³-hybridized carbons (Fsp3) is 0.471. The van der Waals surface area contributed by atoms with E-state index < -0.39 is 0 Å². The van der Waals surface area contributed by atoms with Crippen LogP contribution in [0, 0.1) is 5.92 Å². The Morgan fingerprint density at radius 1 is 1.35 bits per heavy atom. The highest BCUT2D eigenvalue weighted by Crippen LogP contribution is 2.34. The molecule has 1 aliphatic rings. The third-order valence-electron chi connectivity index (χ3n) is 4.27. The van der Waals surface area contributed by atoms with Crippen LogP contribution in [0.15, 0.2) is 30.5 Å². The highest BCUT2D eigenvalue weighted by molar-refractivity contribution is 6.08. The monoisotopic (exact) mass is 271 g/mol. The first-order valence-electron chi connectivity index (χ1n) is 7.38. The molecule has 1 aromatic carbocycles. The van der Waals surface area contributed by atoms with E-state index in [0.29, 0.717) is 18.4 Å². The molecule has 0 aliphatic heterocycles. The summed E-state index contributed by atoms with van der Waals surface area (Å²) in [6, 6.07) is 8.09. The maximum Gasteiger partial charge on any atom is 0.165 e. The number of para-hydroxylation sites is 1. The summed E-state index contributed by atoms with van der Waals surface area (Å²) in [5.74, 6) is 0.764. The molecule has 3 nitrogen and oxygen atoms in total. The third kappa shape index (κ3) is 2.38. The van der Waals surface area contributed by atoms with Crippen molar-refractivity contribution < 1.29 is 9.53 Å². The van der Waals surface area contributed by atoms with Crippen LogP contribution in [-0.2, 0) is 11.8 Å². The number of carbonyl (C=O) groups is 1. The minimum absolute atomic E-state index is 0.266. The van der Waals surface area contributed by atoms with Crippen molar-refractivity contribution in [2.24, 2.45) is 13.0 Å². The van der Waals surface area contributed by atoms with E-state index in [1.54, 1.807) is 0 Å². The van der Waals surface area contributed by atoms with Crippen LogP contribution >= 0.6 is 0 Å². The van der Waals surface area contributed by atoms with Gasteiger partial charge in [-0.25, -0.2) is 0 Å². The fourth-order valence-electron chi connectivity index (χ4n) is 3.15. The standard InChI is InChI=1S/C17H21NO2/c1-3-20-13-8-12(9-13)10-17(19)15-11-18(2)16-7-5-4-6-14(15)16/h4-7,11-13H,3,8-10H2,1-2H3. The number of benzene rings is 1. The molecule has 0 bridgehead atoms. The summed E-state index contributed by atoms with van der Waals surface area (Å²) < 4.78 is 7.59. The quantitative estimate of drug-likeness (QED) is 0.778. The number of hydrogen-bond donors (Lipinski definition) is 0. The van der Waals surface area contributed by atoms with Crippen molar-refractivity contribution in [3.63, 3.8) is 0 Å². The van der Waals surface area contributed by atoms with E-state index in [1.165, 1.54) is 0 Å². The van der Waals surface area contributed by atoms with Crippen molar-refractivity contribution in [3.05, 3.63) is 36.0 Å². The number of hydrogen-bond acceptors (Lipinski definition) is 2. The number of nitrogens with zero attached hydrogens (tertiary/aromatic N) is 1. The Balaban J connectivity index is 1.71. The maximum absolute atomic E-state index is 12.5. The number of aryl methyl sites for hydroxylation is 1. The Morgan fingerprint density at radius 3 is 2.85 bits per heavy atom. The van der Waals surface area contributed by atoms with Crippen LogP contribution < -0.4 is 0 Å². The molecule has 0 radical (unpaired) electrons. The van der Waals surface area contributed by atoms with Crippen molar-refractivity contribution in [1.82, 2.24) is 4.57 Å². The summed E-state index contributed by atoms with van der Waals surface area (Å²) in [4.78, 5) is 12.5. The van der Waals surface area contributed by atoms with Crippen molar-refractivity contribution in [1.29, 1.82) is 0 Å². The third-order valence-corrected chi connectivity index (χ3v) is 4.27. The van der Waals surface area contributed by atoms with Crippen molar-refractivity contribution in [2.45, 2.75) is 32.3 Å². The maximum atomic E-state index is 12.5. The molecule has 0 N–H and O–H groups in total. The predicted molar refractivity (Wildman–Crippen MR) is 80.0 cm³/mol. The molecule has 0 spiro atoms. The Morgan fingerprint density at radius 2 is 2.10 bits per heavy atom. The second-order valence-electron chi connectivity index (χ2n) is 5.71. The van der Waals surface area contributed by atoms with Crippen LogP contribution in [0.5, 0.6) is 0 Å². The Hall–Kier alpha value is -1.61. The molecular formula is C17H21NO2. The molecular weight excluding hydrogens is 250 g/mol. The van der Waals surface area contributed by atoms with Crippen molar-refractivity contribution in [3.8, 4) is 0 Å². The minimum Gasteiger partial charge on any atom is -0.378 e. The highest BCUT2D eigenvalue weighted by atomic mass is 16.5. The van der Waals surface area contributed by atoms with Gasteiger partial charge in [0.15, 0.2) is 5.78 Å². The first-order chi connectivity index (χ1) is 9.69. The molecule has 1 saturated carbocycles. The number of ether oxygens (including phenoxy) is 1. The summed E-state index contributed by atoms with van der Waals surface area (Å²) in [7, 11) is 1.99. The lowest BCUT2D eigenvalue weighted by Gasteiger charge is -2.34. The molecule has 1 aromatic heterocycles. The molecule has 1 fully saturated rings. The predicted octanol–water partition coefficient (Wildman–Crippen LogP) is 3.57. The van der Waals surface area contributed by atoms with Crippen LogP contribution in [0.1, 0.15) is 36.5 Å². The van der Waals surface area contributed by atoms with Crippen molar-refractivity contribution >= 4 is 16.7 Å². The van der Waals surface area contributed by atoms with E-state index in [9.17, 15) is 4.79 Å². The van der Waals surface area contributed by atoms with Gasteiger partial charge in [0.2, 0.25) is 0 Å². The van der Waals surface area contributed by atoms with Crippen LogP contribution in [0.3, 0.4) is 0 Å². The number of fused-ring (bicyclic) bond motifs is 1. The van der Waals surface area contributed by atoms with Crippen LogP contribution in [-0.4, -0.2) is 23.1 Å². The number of carbonyl (C=O) groups excluding carboxylic acids is 1. The SMILES string of the molecule is CCOC1CC(CC(=O)c2cn(C)c3ccccc23)C1. The Labute approximate surface area is 119 Å². The molecule has 0 atom stereocenters. The van der Waals surface area contributed by atoms with Gasteiger partial charge in [-0.2, -0.15) is 0 Å². The highest BCUT2D eigenvalue weighted by Gasteiger charge is 2.31. The number of rotatable bonds is 5. The normalized spacial score (nSPS) is 21.9. The van der Waals surface area contributed by atoms with Gasteiger partial charge in [-0.15, -0.1) is 0 Å². The van der Waals surface area contributed by atoms with Gasteiger partial charge in [0.05, 0.1) is 6.10 Å². The van der Waals surface area contributed by atoms with E-state index in [2.05, 4.69) is 6.07 Å². The van der Waals surface area contributed by atoms with E-state index in [0.717, 1.165) is 35.9 Å². The van der Waals surface area contributed by atoms with Gasteiger partial charge in [-0.1, -0.05) is 18.2 Å². The second kappa shape index (κ2) is 5.41. The van der Waals surface area contributed by atoms with E-state index in [-0.39, 0.29) is 5.78 Å². The lowest BCUT2D eigenvalue weighted by molar-refractivity contribution is -0.0245. The summed E-state index contributed by atoms with van der Waals surface area (Å²) in [5, 5.41) is 1.07. The summed E-state index contributed by atoms with van der Waals surface area (Å²) >= 11 is 0. The molecule has 0 amide bonds. The first kappa shape index (κ1) is 13.4. The van der Waals surface area contributed by atoms with E-state index in [4.69, 9.17) is 4.74 Å². The van der Waals surface area contributed by atoms with E-state index in [1.807, 2.05) is 42.9 Å². The lowest BCUT2D eigenvalue weighted by Crippen LogP contribution is -2.32. The molecule has 1 heterocycles. The number of Topliss-reactive ketones (excluding diaryl/α,β-unsaturated/α-hetero) is 1. The van der Waals surface area contributed by atoms with Gasteiger partial charge in [-0.05, 0) is 31.7 Å². The van der Waals surface area contributed by atoms with Crippen LogP contribution in [0.25, 0.3) is 10.9 Å². The molecule has 106 valence electrons. The smallest absolute Gasteiger partial charge is 0.165 e. The fourth-order valence-corrected chi connectivity index (χ4v) is 3.15. The molecule has 20 heavy (non-hydrogen) atoms. The average Bonchev–Trinajstić information content (AvgIpc) is 2.74. The first-order valence-corrected chi connectivity index (χ1v) is 7.38. The lowest BCUT2D eigenvalue weighted by atomic mass is 9.78. The molecule has 0 unspecified atom stereocenters. The Kier molecular flexibility index (Phi) is 3.62. The van der Waals surface area contributed by atoms with E-state index >= 15 is 0 Å². The largest absolute Gasteiger partial charge is 0.378 e. The summed E-state index contributed by atoms with van der Waals surface area (Å²) in [6.07, 6.45) is 5.06. The van der Waals surface area contributed by atoms with Gasteiger partial charge in [0, 0.05) is 42.7 Å². The number of aromatic nitrogens is 1. The zero-order chi connectivity index (χ0) is 14.1. The summed E-state index contributed by atoms with van der Waals surface area (Å²) in [5.41, 5.74) is 1.99. The Bertz CT molecular complexity index is 623. The van der Waals surface area contributed by atoms with Gasteiger partial charge in [-0.3, -0.25) is 4.79 Å².